The zero-order valence-electron chi connectivity index (χ0n) is 17.3. The Bertz CT molecular complexity index is 883. The van der Waals surface area contributed by atoms with E-state index in [1.807, 2.05) is 42.5 Å². The maximum Gasteiger partial charge on any atom is 0.161 e. The summed E-state index contributed by atoms with van der Waals surface area (Å²) in [7, 11) is 3.28. The molecule has 0 spiro atoms. The van der Waals surface area contributed by atoms with Crippen molar-refractivity contribution in [3.05, 3.63) is 95.6 Å². The molecule has 3 aromatic carbocycles. The van der Waals surface area contributed by atoms with Gasteiger partial charge in [-0.1, -0.05) is 66.7 Å². The average Bonchev–Trinajstić information content (AvgIpc) is 2.79. The molecular weight excluding hydrogens is 362 g/mol. The third kappa shape index (κ3) is 4.97. The van der Waals surface area contributed by atoms with Crippen molar-refractivity contribution in [1.82, 2.24) is 4.90 Å². The van der Waals surface area contributed by atoms with Crippen molar-refractivity contribution in [2.45, 2.75) is 25.6 Å². The van der Waals surface area contributed by atoms with Gasteiger partial charge in [0.2, 0.25) is 0 Å². The average molecular weight is 392 g/mol. The van der Waals surface area contributed by atoms with Crippen molar-refractivity contribution in [2.24, 2.45) is 0 Å². The van der Waals surface area contributed by atoms with Crippen molar-refractivity contribution in [3.63, 3.8) is 0 Å². The fourth-order valence-electron chi connectivity index (χ4n) is 3.71. The van der Waals surface area contributed by atoms with Gasteiger partial charge < -0.3 is 14.6 Å². The van der Waals surface area contributed by atoms with E-state index in [9.17, 15) is 5.11 Å². The number of benzene rings is 3. The Morgan fingerprint density at radius 3 is 1.93 bits per heavy atom. The Kier molecular flexibility index (Phi) is 7.28. The van der Waals surface area contributed by atoms with Gasteiger partial charge in [-0.3, -0.25) is 4.90 Å². The summed E-state index contributed by atoms with van der Waals surface area (Å²) in [5.41, 5.74) is 3.40. The van der Waals surface area contributed by atoms with Crippen LogP contribution in [0, 0.1) is 0 Å². The van der Waals surface area contributed by atoms with E-state index in [0.717, 1.165) is 11.1 Å². The molecule has 0 radical (unpaired) electrons. The summed E-state index contributed by atoms with van der Waals surface area (Å²) in [5, 5.41) is 10.3. The minimum Gasteiger partial charge on any atom is -0.493 e. The minimum atomic E-state index is -0.125. The quantitative estimate of drug-likeness (QED) is 0.557. The van der Waals surface area contributed by atoms with Crippen LogP contribution in [0.4, 0.5) is 0 Å². The van der Waals surface area contributed by atoms with Crippen LogP contribution >= 0.6 is 0 Å². The Morgan fingerprint density at radius 1 is 0.793 bits per heavy atom. The van der Waals surface area contributed by atoms with Gasteiger partial charge in [0, 0.05) is 12.6 Å². The van der Waals surface area contributed by atoms with Crippen molar-refractivity contribution in [3.8, 4) is 11.5 Å². The molecule has 0 fully saturated rings. The van der Waals surface area contributed by atoms with Crippen LogP contribution in [-0.2, 0) is 6.54 Å². The number of aliphatic hydroxyl groups is 1. The zero-order valence-corrected chi connectivity index (χ0v) is 17.3. The van der Waals surface area contributed by atoms with Crippen LogP contribution in [0.2, 0.25) is 0 Å². The van der Waals surface area contributed by atoms with Crippen LogP contribution in [0.5, 0.6) is 11.5 Å². The van der Waals surface area contributed by atoms with Gasteiger partial charge in [0.15, 0.2) is 11.5 Å². The van der Waals surface area contributed by atoms with Crippen LogP contribution in [-0.4, -0.2) is 30.8 Å². The second-order valence-electron chi connectivity index (χ2n) is 7.06. The summed E-state index contributed by atoms with van der Waals surface area (Å²) in [5.74, 6) is 1.42. The number of ether oxygens (including phenoxy) is 2. The molecule has 0 aliphatic heterocycles. The molecule has 0 aromatic heterocycles. The summed E-state index contributed by atoms with van der Waals surface area (Å²) in [6, 6.07) is 26.5. The third-order valence-corrected chi connectivity index (χ3v) is 5.35. The third-order valence-electron chi connectivity index (χ3n) is 5.35. The number of nitrogens with zero attached hydrogens (tertiary/aromatic N) is 1. The number of hydrogen-bond donors (Lipinski definition) is 1. The summed E-state index contributed by atoms with van der Waals surface area (Å²) < 4.78 is 10.9. The summed E-state index contributed by atoms with van der Waals surface area (Å²) in [6.07, 6.45) is 0. The maximum atomic E-state index is 10.3. The minimum absolute atomic E-state index is 0.0362. The van der Waals surface area contributed by atoms with E-state index < -0.39 is 0 Å². The van der Waals surface area contributed by atoms with Crippen LogP contribution in [0.25, 0.3) is 0 Å². The largest absolute Gasteiger partial charge is 0.493 e. The van der Waals surface area contributed by atoms with E-state index >= 15 is 0 Å². The Balaban J connectivity index is 1.98. The Morgan fingerprint density at radius 2 is 1.38 bits per heavy atom. The van der Waals surface area contributed by atoms with Crippen molar-refractivity contribution in [2.75, 3.05) is 20.8 Å². The topological polar surface area (TPSA) is 41.9 Å². The first kappa shape index (κ1) is 20.9. The molecular formula is C25H29NO3. The molecule has 0 bridgehead atoms. The van der Waals surface area contributed by atoms with Crippen LogP contribution in [0.3, 0.4) is 0 Å². The van der Waals surface area contributed by atoms with Gasteiger partial charge in [-0.2, -0.15) is 0 Å². The second kappa shape index (κ2) is 10.1. The van der Waals surface area contributed by atoms with E-state index in [0.29, 0.717) is 18.0 Å². The fraction of sp³-hybridized carbons (Fsp3) is 0.280. The van der Waals surface area contributed by atoms with E-state index in [1.165, 1.54) is 5.56 Å². The maximum absolute atomic E-state index is 10.3. The predicted molar refractivity (Wildman–Crippen MR) is 116 cm³/mol. The molecule has 152 valence electrons. The van der Waals surface area contributed by atoms with Gasteiger partial charge >= 0.3 is 0 Å². The van der Waals surface area contributed by atoms with E-state index in [4.69, 9.17) is 9.47 Å². The Hall–Kier alpha value is -2.82. The van der Waals surface area contributed by atoms with E-state index in [2.05, 4.69) is 48.2 Å². The lowest BCUT2D eigenvalue weighted by molar-refractivity contribution is 0.0810. The molecule has 1 N–H and O–H groups in total. The van der Waals surface area contributed by atoms with E-state index in [-0.39, 0.29) is 18.7 Å². The molecule has 2 atom stereocenters. The molecule has 3 aromatic rings. The van der Waals surface area contributed by atoms with Crippen LogP contribution in [0.15, 0.2) is 78.9 Å². The summed E-state index contributed by atoms with van der Waals surface area (Å²) in [6.45, 7) is 2.88. The molecule has 0 saturated carbocycles. The number of aliphatic hydroxyl groups excluding tert-OH is 1. The Labute approximate surface area is 173 Å². The molecule has 4 nitrogen and oxygen atoms in total. The normalized spacial score (nSPS) is 13.1. The second-order valence-corrected chi connectivity index (χ2v) is 7.06. The first-order chi connectivity index (χ1) is 14.2. The highest BCUT2D eigenvalue weighted by molar-refractivity contribution is 5.43. The van der Waals surface area contributed by atoms with Crippen molar-refractivity contribution < 1.29 is 14.6 Å². The monoisotopic (exact) mass is 391 g/mol. The highest BCUT2D eigenvalue weighted by atomic mass is 16.5. The fourth-order valence-corrected chi connectivity index (χ4v) is 3.71. The van der Waals surface area contributed by atoms with Gasteiger partial charge in [0.25, 0.3) is 0 Å². The number of rotatable bonds is 9. The SMILES string of the molecule is COc1ccc(CN([C@@H](C)c2ccccc2)[C@@H](CO)c2ccccc2)cc1OC. The molecule has 0 aliphatic rings. The molecule has 29 heavy (non-hydrogen) atoms. The van der Waals surface area contributed by atoms with Crippen molar-refractivity contribution >= 4 is 0 Å². The molecule has 3 rings (SSSR count). The molecule has 0 heterocycles. The number of hydrogen-bond acceptors (Lipinski definition) is 4. The van der Waals surface area contributed by atoms with Gasteiger partial charge in [0.05, 0.1) is 26.9 Å². The lowest BCUT2D eigenvalue weighted by Crippen LogP contribution is -2.33. The van der Waals surface area contributed by atoms with Crippen LogP contribution in [0.1, 0.15) is 35.7 Å². The molecule has 0 aliphatic carbocycles. The van der Waals surface area contributed by atoms with Gasteiger partial charge in [0.1, 0.15) is 0 Å². The molecule has 4 heteroatoms. The molecule has 0 saturated heterocycles. The van der Waals surface area contributed by atoms with Gasteiger partial charge in [-0.25, -0.2) is 0 Å². The lowest BCUT2D eigenvalue weighted by atomic mass is 9.99. The zero-order chi connectivity index (χ0) is 20.6. The first-order valence-corrected chi connectivity index (χ1v) is 9.85. The van der Waals surface area contributed by atoms with E-state index in [1.54, 1.807) is 14.2 Å². The van der Waals surface area contributed by atoms with Gasteiger partial charge in [-0.15, -0.1) is 0 Å². The number of methoxy groups -OCH3 is 2. The lowest BCUT2D eigenvalue weighted by Gasteiger charge is -2.36. The highest BCUT2D eigenvalue weighted by Crippen LogP contribution is 2.34. The smallest absolute Gasteiger partial charge is 0.161 e. The highest BCUT2D eigenvalue weighted by Gasteiger charge is 2.26. The summed E-state index contributed by atoms with van der Waals surface area (Å²) in [4.78, 5) is 2.33. The standard InChI is InChI=1S/C25H29NO3/c1-19(21-10-6-4-7-11-21)26(23(18-27)22-12-8-5-9-13-22)17-20-14-15-24(28-2)25(16-20)29-3/h4-16,19,23,27H,17-18H2,1-3H3/t19-,23-/m0/s1. The summed E-state index contributed by atoms with van der Waals surface area (Å²) >= 11 is 0. The molecule has 0 amide bonds. The predicted octanol–water partition coefficient (Wildman–Crippen LogP) is 5.00. The molecule has 0 unspecified atom stereocenters. The van der Waals surface area contributed by atoms with Gasteiger partial charge in [-0.05, 0) is 35.7 Å². The first-order valence-electron chi connectivity index (χ1n) is 9.85. The van der Waals surface area contributed by atoms with Crippen molar-refractivity contribution in [1.29, 1.82) is 0 Å². The van der Waals surface area contributed by atoms with Crippen LogP contribution < -0.4 is 9.47 Å².